The van der Waals surface area contributed by atoms with Crippen LogP contribution in [0.2, 0.25) is 0 Å². The maximum absolute atomic E-state index is 14.5. The summed E-state index contributed by atoms with van der Waals surface area (Å²) in [6.07, 6.45) is 4.35. The lowest BCUT2D eigenvalue weighted by Crippen LogP contribution is -2.30. The second-order valence-electron chi connectivity index (χ2n) is 7.79. The van der Waals surface area contributed by atoms with E-state index in [9.17, 15) is 9.18 Å². The van der Waals surface area contributed by atoms with Crippen LogP contribution in [0.1, 0.15) is 30.7 Å². The van der Waals surface area contributed by atoms with Crippen molar-refractivity contribution in [2.24, 2.45) is 5.92 Å². The maximum Gasteiger partial charge on any atom is 0.321 e. The van der Waals surface area contributed by atoms with Crippen molar-refractivity contribution in [1.82, 2.24) is 14.5 Å². The summed E-state index contributed by atoms with van der Waals surface area (Å²) in [6.45, 7) is 6.70. The Kier molecular flexibility index (Phi) is 6.32. The van der Waals surface area contributed by atoms with E-state index < -0.39 is 5.82 Å². The van der Waals surface area contributed by atoms with Crippen molar-refractivity contribution in [2.45, 2.75) is 33.7 Å². The van der Waals surface area contributed by atoms with Gasteiger partial charge in [0.05, 0.1) is 17.7 Å². The maximum atomic E-state index is 14.5. The van der Waals surface area contributed by atoms with Gasteiger partial charge in [-0.25, -0.2) is 14.2 Å². The van der Waals surface area contributed by atoms with Gasteiger partial charge in [-0.3, -0.25) is 0 Å². The van der Waals surface area contributed by atoms with Gasteiger partial charge in [-0.1, -0.05) is 38.1 Å². The van der Waals surface area contributed by atoms with Crippen LogP contribution >= 0.6 is 0 Å². The number of benzene rings is 2. The fourth-order valence-electron chi connectivity index (χ4n) is 3.16. The highest BCUT2D eigenvalue weighted by Gasteiger charge is 2.12. The van der Waals surface area contributed by atoms with Crippen LogP contribution in [-0.2, 0) is 13.0 Å². The van der Waals surface area contributed by atoms with Crippen LogP contribution < -0.4 is 5.32 Å². The van der Waals surface area contributed by atoms with Gasteiger partial charge < -0.3 is 14.8 Å². The zero-order valence-electron chi connectivity index (χ0n) is 17.3. The molecule has 6 heteroatoms. The zero-order chi connectivity index (χ0) is 21.0. The summed E-state index contributed by atoms with van der Waals surface area (Å²) in [5.41, 5.74) is 3.94. The summed E-state index contributed by atoms with van der Waals surface area (Å²) < 4.78 is 16.1. The summed E-state index contributed by atoms with van der Waals surface area (Å²) in [4.78, 5) is 18.2. The molecule has 0 atom stereocenters. The van der Waals surface area contributed by atoms with Gasteiger partial charge in [0.2, 0.25) is 0 Å². The molecular formula is C23H27FN4O. The van der Waals surface area contributed by atoms with Gasteiger partial charge in [-0.05, 0) is 48.6 Å². The minimum atomic E-state index is -0.427. The average molecular weight is 394 g/mol. The van der Waals surface area contributed by atoms with Crippen LogP contribution in [0.3, 0.4) is 0 Å². The molecule has 3 aromatic rings. The molecule has 0 fully saturated rings. The van der Waals surface area contributed by atoms with Crippen molar-refractivity contribution >= 4 is 11.7 Å². The van der Waals surface area contributed by atoms with E-state index in [2.05, 4.69) is 36.3 Å². The monoisotopic (exact) mass is 394 g/mol. The molecule has 5 nitrogen and oxygen atoms in total. The number of carbonyl (C=O) groups excluding carboxylic acids is 1. The zero-order valence-corrected chi connectivity index (χ0v) is 17.3. The number of hydrogen-bond acceptors (Lipinski definition) is 2. The molecule has 0 aliphatic rings. The third kappa shape index (κ3) is 5.44. The number of aryl methyl sites for hydroxylation is 1. The van der Waals surface area contributed by atoms with Gasteiger partial charge in [-0.2, -0.15) is 0 Å². The molecule has 0 bridgehead atoms. The molecular weight excluding hydrogens is 367 g/mol. The van der Waals surface area contributed by atoms with Gasteiger partial charge in [-0.15, -0.1) is 0 Å². The Hall–Kier alpha value is -3.15. The first-order chi connectivity index (χ1) is 13.8. The number of rotatable bonds is 6. The Morgan fingerprint density at radius 3 is 2.45 bits per heavy atom. The van der Waals surface area contributed by atoms with E-state index in [-0.39, 0.29) is 6.03 Å². The van der Waals surface area contributed by atoms with E-state index in [1.165, 1.54) is 11.6 Å². The fourth-order valence-corrected chi connectivity index (χ4v) is 3.16. The molecule has 0 saturated heterocycles. The van der Waals surface area contributed by atoms with Crippen molar-refractivity contribution in [2.75, 3.05) is 12.4 Å². The van der Waals surface area contributed by atoms with Crippen molar-refractivity contribution in [1.29, 1.82) is 0 Å². The number of hydrogen-bond donors (Lipinski definition) is 1. The number of aromatic nitrogens is 2. The van der Waals surface area contributed by atoms with Crippen LogP contribution in [0, 0.1) is 18.7 Å². The Labute approximate surface area is 171 Å². The van der Waals surface area contributed by atoms with E-state index >= 15 is 0 Å². The molecule has 0 aliphatic carbocycles. The summed E-state index contributed by atoms with van der Waals surface area (Å²) in [7, 11) is 1.72. The molecule has 29 heavy (non-hydrogen) atoms. The van der Waals surface area contributed by atoms with Crippen molar-refractivity contribution < 1.29 is 9.18 Å². The lowest BCUT2D eigenvalue weighted by molar-refractivity contribution is 0.220. The minimum Gasteiger partial charge on any atom is -0.323 e. The molecule has 1 heterocycles. The first-order valence-electron chi connectivity index (χ1n) is 9.72. The van der Waals surface area contributed by atoms with Crippen LogP contribution in [0.25, 0.3) is 5.69 Å². The molecule has 0 spiro atoms. The van der Waals surface area contributed by atoms with Crippen LogP contribution in [-0.4, -0.2) is 27.5 Å². The molecule has 0 radical (unpaired) electrons. The highest BCUT2D eigenvalue weighted by molar-refractivity contribution is 5.89. The van der Waals surface area contributed by atoms with Crippen molar-refractivity contribution in [3.8, 4) is 5.69 Å². The summed E-state index contributed by atoms with van der Waals surface area (Å²) >= 11 is 0. The van der Waals surface area contributed by atoms with E-state index in [0.717, 1.165) is 17.7 Å². The number of anilines is 1. The molecule has 1 aromatic heterocycles. The number of halogens is 1. The van der Waals surface area contributed by atoms with E-state index in [0.29, 0.717) is 23.8 Å². The van der Waals surface area contributed by atoms with Gasteiger partial charge in [0.1, 0.15) is 5.82 Å². The summed E-state index contributed by atoms with van der Waals surface area (Å²) in [5, 5.41) is 2.75. The molecule has 0 unspecified atom stereocenters. The third-order valence-electron chi connectivity index (χ3n) is 4.62. The van der Waals surface area contributed by atoms with Gasteiger partial charge in [0, 0.05) is 25.5 Å². The van der Waals surface area contributed by atoms with E-state index in [1.807, 2.05) is 19.1 Å². The fraction of sp³-hybridized carbons (Fsp3) is 0.304. The normalized spacial score (nSPS) is 11.0. The summed E-state index contributed by atoms with van der Waals surface area (Å²) in [5.74, 6) is 0.183. The van der Waals surface area contributed by atoms with Gasteiger partial charge >= 0.3 is 6.03 Å². The number of urea groups is 1. The molecule has 1 N–H and O–H groups in total. The summed E-state index contributed by atoms with van der Waals surface area (Å²) in [6, 6.07) is 12.6. The topological polar surface area (TPSA) is 50.2 Å². The van der Waals surface area contributed by atoms with E-state index in [1.54, 1.807) is 41.2 Å². The predicted octanol–water partition coefficient (Wildman–Crippen LogP) is 5.18. The second kappa shape index (κ2) is 8.90. The number of imidazole rings is 1. The van der Waals surface area contributed by atoms with Crippen molar-refractivity contribution in [3.63, 3.8) is 0 Å². The standard InChI is InChI=1S/C23H27FN4O/c1-16(2)11-18-5-7-19(8-6-18)14-27(4)23(29)26-20-9-10-22(21(24)12-20)28-13-17(3)25-15-28/h5-10,12-13,15-16H,11,14H2,1-4H3,(H,26,29). The number of nitrogens with one attached hydrogen (secondary N) is 1. The Morgan fingerprint density at radius 2 is 1.86 bits per heavy atom. The SMILES string of the molecule is Cc1cn(-c2ccc(NC(=O)N(C)Cc3ccc(CC(C)C)cc3)cc2F)cn1. The molecule has 0 saturated carbocycles. The smallest absolute Gasteiger partial charge is 0.321 e. The number of nitrogens with zero attached hydrogens (tertiary/aromatic N) is 3. The van der Waals surface area contributed by atoms with Crippen molar-refractivity contribution in [3.05, 3.63) is 77.6 Å². The lowest BCUT2D eigenvalue weighted by atomic mass is 10.0. The van der Waals surface area contributed by atoms with Gasteiger partial charge in [0.15, 0.2) is 0 Å². The number of carbonyl (C=O) groups is 1. The highest BCUT2D eigenvalue weighted by atomic mass is 19.1. The quantitative estimate of drug-likeness (QED) is 0.626. The Bertz CT molecular complexity index is 979. The number of amides is 2. The molecule has 0 aliphatic heterocycles. The van der Waals surface area contributed by atoms with E-state index in [4.69, 9.17) is 0 Å². The van der Waals surface area contributed by atoms with Crippen LogP contribution in [0.5, 0.6) is 0 Å². The minimum absolute atomic E-state index is 0.290. The first kappa shape index (κ1) is 20.6. The first-order valence-corrected chi connectivity index (χ1v) is 9.72. The highest BCUT2D eigenvalue weighted by Crippen LogP contribution is 2.19. The largest absolute Gasteiger partial charge is 0.323 e. The molecule has 2 aromatic carbocycles. The average Bonchev–Trinajstić information content (AvgIpc) is 3.09. The molecule has 2 amide bonds. The molecule has 3 rings (SSSR count). The predicted molar refractivity (Wildman–Crippen MR) is 114 cm³/mol. The van der Waals surface area contributed by atoms with Crippen LogP contribution in [0.15, 0.2) is 55.0 Å². The Balaban J connectivity index is 1.61. The van der Waals surface area contributed by atoms with Crippen LogP contribution in [0.4, 0.5) is 14.9 Å². The molecule has 152 valence electrons. The second-order valence-corrected chi connectivity index (χ2v) is 7.79. The van der Waals surface area contributed by atoms with Gasteiger partial charge in [0.25, 0.3) is 0 Å². The lowest BCUT2D eigenvalue weighted by Gasteiger charge is -2.19. The third-order valence-corrected chi connectivity index (χ3v) is 4.62. The Morgan fingerprint density at radius 1 is 1.17 bits per heavy atom.